The highest BCUT2D eigenvalue weighted by Crippen LogP contribution is 2.35. The molecule has 114 valence electrons. The first kappa shape index (κ1) is 17.0. The number of rotatable bonds is 8. The zero-order chi connectivity index (χ0) is 14.3. The van der Waals surface area contributed by atoms with Gasteiger partial charge in [0.25, 0.3) is 0 Å². The predicted molar refractivity (Wildman–Crippen MR) is 86.4 cm³/mol. The van der Waals surface area contributed by atoms with Gasteiger partial charge in [-0.05, 0) is 62.3 Å². The van der Waals surface area contributed by atoms with Crippen molar-refractivity contribution < 1.29 is 0 Å². The molecule has 1 aliphatic carbocycles. The van der Waals surface area contributed by atoms with Gasteiger partial charge >= 0.3 is 0 Å². The lowest BCUT2D eigenvalue weighted by Gasteiger charge is -2.36. The van der Waals surface area contributed by atoms with E-state index in [1.807, 2.05) is 0 Å². The highest BCUT2D eigenvalue weighted by molar-refractivity contribution is 4.82. The van der Waals surface area contributed by atoms with Crippen LogP contribution in [0, 0.1) is 23.7 Å². The molecular weight excluding hydrogens is 230 g/mol. The normalized spacial score (nSPS) is 26.1. The molecule has 0 saturated heterocycles. The van der Waals surface area contributed by atoms with Gasteiger partial charge in [0.05, 0.1) is 0 Å². The molecule has 1 N–H and O–H groups in total. The molecule has 0 heterocycles. The van der Waals surface area contributed by atoms with Crippen LogP contribution in [-0.2, 0) is 0 Å². The van der Waals surface area contributed by atoms with E-state index in [9.17, 15) is 0 Å². The fraction of sp³-hybridized carbons (Fsp3) is 1.00. The number of nitrogens with one attached hydrogen (secondary N) is 1. The van der Waals surface area contributed by atoms with Crippen molar-refractivity contribution in [3.8, 4) is 0 Å². The minimum atomic E-state index is 0.789. The van der Waals surface area contributed by atoms with Crippen LogP contribution >= 0.6 is 0 Å². The van der Waals surface area contributed by atoms with Crippen molar-refractivity contribution in [1.29, 1.82) is 0 Å². The molecule has 0 radical (unpaired) electrons. The van der Waals surface area contributed by atoms with Crippen LogP contribution in [-0.4, -0.2) is 12.6 Å². The molecule has 0 spiro atoms. The Kier molecular flexibility index (Phi) is 8.06. The summed E-state index contributed by atoms with van der Waals surface area (Å²) < 4.78 is 0. The Balaban J connectivity index is 2.35. The molecule has 1 rings (SSSR count). The van der Waals surface area contributed by atoms with Crippen LogP contribution in [0.1, 0.15) is 79.6 Å². The average molecular weight is 268 g/mol. The average Bonchev–Trinajstić information content (AvgIpc) is 2.37. The van der Waals surface area contributed by atoms with Gasteiger partial charge in [-0.25, -0.2) is 0 Å². The molecule has 1 nitrogen and oxygen atoms in total. The van der Waals surface area contributed by atoms with Crippen LogP contribution in [0.5, 0.6) is 0 Å². The predicted octanol–water partition coefficient (Wildman–Crippen LogP) is 5.25. The molecule has 0 amide bonds. The first-order chi connectivity index (χ1) is 9.04. The van der Waals surface area contributed by atoms with E-state index in [2.05, 4.69) is 39.9 Å². The third kappa shape index (κ3) is 6.29. The van der Waals surface area contributed by atoms with Crippen LogP contribution in [0.2, 0.25) is 0 Å². The molecule has 0 aromatic carbocycles. The van der Waals surface area contributed by atoms with Crippen molar-refractivity contribution in [3.63, 3.8) is 0 Å². The molecule has 1 atom stereocenters. The zero-order valence-corrected chi connectivity index (χ0v) is 14.0. The maximum atomic E-state index is 3.77. The van der Waals surface area contributed by atoms with Gasteiger partial charge in [-0.1, -0.05) is 47.5 Å². The van der Waals surface area contributed by atoms with E-state index in [0.717, 1.165) is 36.3 Å². The van der Waals surface area contributed by atoms with E-state index in [4.69, 9.17) is 0 Å². The summed E-state index contributed by atoms with van der Waals surface area (Å²) in [7, 11) is 0. The van der Waals surface area contributed by atoms with Gasteiger partial charge in [0.15, 0.2) is 0 Å². The maximum absolute atomic E-state index is 3.77. The van der Waals surface area contributed by atoms with E-state index in [0.29, 0.717) is 0 Å². The second kappa shape index (κ2) is 9.00. The summed E-state index contributed by atoms with van der Waals surface area (Å²) in [4.78, 5) is 0. The molecule has 1 aliphatic rings. The van der Waals surface area contributed by atoms with E-state index >= 15 is 0 Å². The fourth-order valence-corrected chi connectivity index (χ4v) is 3.73. The lowest BCUT2D eigenvalue weighted by molar-refractivity contribution is 0.182. The molecular formula is C18H37N. The molecule has 1 saturated carbocycles. The fourth-order valence-electron chi connectivity index (χ4n) is 3.73. The lowest BCUT2D eigenvalue weighted by atomic mass is 9.73. The summed E-state index contributed by atoms with van der Waals surface area (Å²) in [6.07, 6.45) is 10.0. The molecule has 0 aliphatic heterocycles. The molecule has 0 bridgehead atoms. The SMILES string of the molecule is CCNC(CCCC(C)C)C1CCC(C(C)C)CC1. The van der Waals surface area contributed by atoms with E-state index in [-0.39, 0.29) is 0 Å². The highest BCUT2D eigenvalue weighted by Gasteiger charge is 2.28. The Labute approximate surface area is 121 Å². The number of hydrogen-bond donors (Lipinski definition) is 1. The van der Waals surface area contributed by atoms with Crippen LogP contribution in [0.4, 0.5) is 0 Å². The van der Waals surface area contributed by atoms with E-state index < -0.39 is 0 Å². The highest BCUT2D eigenvalue weighted by atomic mass is 14.9. The second-order valence-electron chi connectivity index (χ2n) is 7.41. The molecule has 0 aromatic rings. The van der Waals surface area contributed by atoms with Gasteiger partial charge in [0.1, 0.15) is 0 Å². The van der Waals surface area contributed by atoms with Crippen molar-refractivity contribution in [2.45, 2.75) is 85.6 Å². The Bertz CT molecular complexity index is 214. The Morgan fingerprint density at radius 2 is 1.47 bits per heavy atom. The van der Waals surface area contributed by atoms with E-state index in [1.54, 1.807) is 0 Å². The van der Waals surface area contributed by atoms with Crippen LogP contribution < -0.4 is 5.32 Å². The minimum Gasteiger partial charge on any atom is -0.314 e. The third-order valence-corrected chi connectivity index (χ3v) is 5.09. The Morgan fingerprint density at radius 1 is 0.895 bits per heavy atom. The van der Waals surface area contributed by atoms with Crippen LogP contribution in [0.25, 0.3) is 0 Å². The maximum Gasteiger partial charge on any atom is 0.00952 e. The van der Waals surface area contributed by atoms with Crippen LogP contribution in [0.3, 0.4) is 0 Å². The number of hydrogen-bond acceptors (Lipinski definition) is 1. The standard InChI is InChI=1S/C18H37N/c1-6-19-18(9-7-8-14(2)3)17-12-10-16(11-13-17)15(4)5/h14-19H,6-13H2,1-5H3. The van der Waals surface area contributed by atoms with Crippen molar-refractivity contribution in [3.05, 3.63) is 0 Å². The van der Waals surface area contributed by atoms with Crippen LogP contribution in [0.15, 0.2) is 0 Å². The first-order valence-electron chi connectivity index (χ1n) is 8.77. The van der Waals surface area contributed by atoms with Gasteiger partial charge in [-0.15, -0.1) is 0 Å². The third-order valence-electron chi connectivity index (χ3n) is 5.09. The van der Waals surface area contributed by atoms with E-state index in [1.165, 1.54) is 44.9 Å². The summed E-state index contributed by atoms with van der Waals surface area (Å²) in [5.74, 6) is 3.69. The summed E-state index contributed by atoms with van der Waals surface area (Å²) in [5, 5.41) is 3.77. The summed E-state index contributed by atoms with van der Waals surface area (Å²) in [5.41, 5.74) is 0. The van der Waals surface area contributed by atoms with Gasteiger partial charge in [0.2, 0.25) is 0 Å². The molecule has 1 fully saturated rings. The summed E-state index contributed by atoms with van der Waals surface area (Å²) in [6.45, 7) is 12.9. The van der Waals surface area contributed by atoms with Crippen molar-refractivity contribution in [2.24, 2.45) is 23.7 Å². The van der Waals surface area contributed by atoms with Gasteiger partial charge in [-0.3, -0.25) is 0 Å². The second-order valence-corrected chi connectivity index (χ2v) is 7.41. The lowest BCUT2D eigenvalue weighted by Crippen LogP contribution is -2.38. The molecule has 19 heavy (non-hydrogen) atoms. The smallest absolute Gasteiger partial charge is 0.00952 e. The topological polar surface area (TPSA) is 12.0 Å². The Hall–Kier alpha value is -0.0400. The molecule has 1 heteroatoms. The monoisotopic (exact) mass is 267 g/mol. The summed E-state index contributed by atoms with van der Waals surface area (Å²) >= 11 is 0. The van der Waals surface area contributed by atoms with Gasteiger partial charge in [-0.2, -0.15) is 0 Å². The minimum absolute atomic E-state index is 0.789. The molecule has 0 aromatic heterocycles. The first-order valence-corrected chi connectivity index (χ1v) is 8.77. The van der Waals surface area contributed by atoms with Crippen molar-refractivity contribution in [2.75, 3.05) is 6.54 Å². The summed E-state index contributed by atoms with van der Waals surface area (Å²) in [6, 6.07) is 0.789. The molecule has 1 unspecified atom stereocenters. The largest absolute Gasteiger partial charge is 0.314 e. The van der Waals surface area contributed by atoms with Crippen molar-refractivity contribution >= 4 is 0 Å². The quantitative estimate of drug-likeness (QED) is 0.633. The van der Waals surface area contributed by atoms with Gasteiger partial charge < -0.3 is 5.32 Å². The Morgan fingerprint density at radius 3 is 1.95 bits per heavy atom. The zero-order valence-electron chi connectivity index (χ0n) is 14.0. The van der Waals surface area contributed by atoms with Gasteiger partial charge in [0, 0.05) is 6.04 Å². The van der Waals surface area contributed by atoms with Crippen molar-refractivity contribution in [1.82, 2.24) is 5.32 Å².